The minimum atomic E-state index is -0.0814. The quantitative estimate of drug-likeness (QED) is 0.733. The molecule has 0 bridgehead atoms. The molecule has 0 aliphatic heterocycles. The number of nitrogens with one attached hydrogen (secondary N) is 2. The SMILES string of the molecule is Cc1cc2ccc(CCC(=O)NCc3ccccc3Cl)cc2[nH]c1=O. The predicted octanol–water partition coefficient (Wildman–Crippen LogP) is 3.74. The molecule has 25 heavy (non-hydrogen) atoms. The highest BCUT2D eigenvalue weighted by atomic mass is 35.5. The van der Waals surface area contributed by atoms with Crippen molar-refractivity contribution in [2.24, 2.45) is 0 Å². The number of aryl methyl sites for hydroxylation is 2. The Kier molecular flexibility index (Phi) is 5.19. The van der Waals surface area contributed by atoms with Gasteiger partial charge in [-0.1, -0.05) is 41.9 Å². The molecule has 4 nitrogen and oxygen atoms in total. The molecule has 0 aliphatic rings. The number of carbonyl (C=O) groups excluding carboxylic acids is 1. The molecule has 0 fully saturated rings. The van der Waals surface area contributed by atoms with Crippen molar-refractivity contribution in [2.75, 3.05) is 0 Å². The number of carbonyl (C=O) groups is 1. The van der Waals surface area contributed by atoms with Crippen LogP contribution in [0.25, 0.3) is 10.9 Å². The van der Waals surface area contributed by atoms with Crippen molar-refractivity contribution < 1.29 is 4.79 Å². The van der Waals surface area contributed by atoms with Crippen LogP contribution in [0.2, 0.25) is 5.02 Å². The number of aromatic amines is 1. The van der Waals surface area contributed by atoms with Crippen molar-refractivity contribution in [3.8, 4) is 0 Å². The molecule has 1 heterocycles. The van der Waals surface area contributed by atoms with Crippen LogP contribution in [0.5, 0.6) is 0 Å². The van der Waals surface area contributed by atoms with Crippen LogP contribution in [-0.4, -0.2) is 10.9 Å². The summed E-state index contributed by atoms with van der Waals surface area (Å²) >= 11 is 6.08. The minimum Gasteiger partial charge on any atom is -0.352 e. The molecular formula is C20H19ClN2O2. The van der Waals surface area contributed by atoms with Gasteiger partial charge >= 0.3 is 0 Å². The highest BCUT2D eigenvalue weighted by Crippen LogP contribution is 2.16. The van der Waals surface area contributed by atoms with Gasteiger partial charge in [-0.25, -0.2) is 0 Å². The van der Waals surface area contributed by atoms with E-state index in [-0.39, 0.29) is 11.5 Å². The minimum absolute atomic E-state index is 0.0302. The van der Waals surface area contributed by atoms with E-state index in [0.29, 0.717) is 30.0 Å². The third-order valence-corrected chi connectivity index (χ3v) is 4.54. The molecule has 0 spiro atoms. The monoisotopic (exact) mass is 354 g/mol. The molecule has 0 saturated heterocycles. The van der Waals surface area contributed by atoms with Crippen LogP contribution in [0.1, 0.15) is 23.1 Å². The molecule has 1 amide bonds. The first-order valence-electron chi connectivity index (χ1n) is 8.15. The maximum absolute atomic E-state index is 12.1. The first kappa shape index (κ1) is 17.2. The highest BCUT2D eigenvalue weighted by molar-refractivity contribution is 6.31. The maximum atomic E-state index is 12.1. The van der Waals surface area contributed by atoms with Crippen molar-refractivity contribution in [2.45, 2.75) is 26.3 Å². The van der Waals surface area contributed by atoms with E-state index in [1.54, 1.807) is 13.0 Å². The first-order chi connectivity index (χ1) is 12.0. The van der Waals surface area contributed by atoms with E-state index in [9.17, 15) is 9.59 Å². The summed E-state index contributed by atoms with van der Waals surface area (Å²) in [6.45, 7) is 2.21. The van der Waals surface area contributed by atoms with Crippen LogP contribution in [0.15, 0.2) is 53.3 Å². The highest BCUT2D eigenvalue weighted by Gasteiger charge is 2.06. The summed E-state index contributed by atoms with van der Waals surface area (Å²) in [4.78, 5) is 26.6. The van der Waals surface area contributed by atoms with E-state index < -0.39 is 0 Å². The van der Waals surface area contributed by atoms with E-state index >= 15 is 0 Å². The summed E-state index contributed by atoms with van der Waals surface area (Å²) in [7, 11) is 0. The number of amides is 1. The average molecular weight is 355 g/mol. The lowest BCUT2D eigenvalue weighted by atomic mass is 10.1. The second-order valence-electron chi connectivity index (χ2n) is 6.07. The van der Waals surface area contributed by atoms with Crippen molar-refractivity contribution in [3.05, 3.63) is 80.6 Å². The van der Waals surface area contributed by atoms with Gasteiger partial charge in [0.1, 0.15) is 0 Å². The maximum Gasteiger partial charge on any atom is 0.251 e. The molecule has 2 N–H and O–H groups in total. The van der Waals surface area contributed by atoms with Gasteiger partial charge in [0.25, 0.3) is 5.56 Å². The molecule has 3 rings (SSSR count). The summed E-state index contributed by atoms with van der Waals surface area (Å²) in [5.74, 6) is -0.0302. The lowest BCUT2D eigenvalue weighted by molar-refractivity contribution is -0.121. The van der Waals surface area contributed by atoms with Crippen molar-refractivity contribution in [1.82, 2.24) is 10.3 Å². The summed E-state index contributed by atoms with van der Waals surface area (Å²) in [5, 5.41) is 4.52. The van der Waals surface area contributed by atoms with Gasteiger partial charge in [-0.05, 0) is 48.1 Å². The fourth-order valence-electron chi connectivity index (χ4n) is 2.69. The molecule has 0 aliphatic carbocycles. The Morgan fingerprint density at radius 2 is 1.96 bits per heavy atom. The Labute approximate surface area is 150 Å². The number of benzene rings is 2. The van der Waals surface area contributed by atoms with Crippen LogP contribution in [-0.2, 0) is 17.8 Å². The van der Waals surface area contributed by atoms with Gasteiger partial charge in [0.2, 0.25) is 5.91 Å². The van der Waals surface area contributed by atoms with Crippen molar-refractivity contribution in [3.63, 3.8) is 0 Å². The largest absolute Gasteiger partial charge is 0.352 e. The molecule has 5 heteroatoms. The standard InChI is InChI=1S/C20H19ClN2O2/c1-13-10-15-8-6-14(11-18(15)23-20(13)25)7-9-19(24)22-12-16-4-2-3-5-17(16)21/h2-6,8,10-11H,7,9,12H2,1H3,(H,22,24)(H,23,25). The van der Waals surface area contributed by atoms with Gasteiger partial charge < -0.3 is 10.3 Å². The molecule has 0 unspecified atom stereocenters. The molecule has 2 aromatic carbocycles. The molecular weight excluding hydrogens is 336 g/mol. The van der Waals surface area contributed by atoms with Crippen molar-refractivity contribution in [1.29, 1.82) is 0 Å². The lowest BCUT2D eigenvalue weighted by Crippen LogP contribution is -2.23. The van der Waals surface area contributed by atoms with E-state index in [0.717, 1.165) is 22.0 Å². The van der Waals surface area contributed by atoms with Gasteiger partial charge in [-0.2, -0.15) is 0 Å². The summed E-state index contributed by atoms with van der Waals surface area (Å²) in [6, 6.07) is 15.2. The zero-order chi connectivity index (χ0) is 17.8. The number of hydrogen-bond acceptors (Lipinski definition) is 2. The predicted molar refractivity (Wildman–Crippen MR) is 101 cm³/mol. The summed E-state index contributed by atoms with van der Waals surface area (Å²) < 4.78 is 0. The van der Waals surface area contributed by atoms with Gasteiger partial charge in [0, 0.05) is 29.1 Å². The van der Waals surface area contributed by atoms with Crippen LogP contribution < -0.4 is 10.9 Å². The Morgan fingerprint density at radius 1 is 1.16 bits per heavy atom. The smallest absolute Gasteiger partial charge is 0.251 e. The van der Waals surface area contributed by atoms with Crippen LogP contribution in [0.4, 0.5) is 0 Å². The van der Waals surface area contributed by atoms with Crippen LogP contribution in [0, 0.1) is 6.92 Å². The molecule has 0 atom stereocenters. The number of aromatic nitrogens is 1. The number of halogens is 1. The fourth-order valence-corrected chi connectivity index (χ4v) is 2.90. The lowest BCUT2D eigenvalue weighted by Gasteiger charge is -2.08. The van der Waals surface area contributed by atoms with Gasteiger partial charge in [-0.15, -0.1) is 0 Å². The second kappa shape index (κ2) is 7.53. The molecule has 3 aromatic rings. The van der Waals surface area contributed by atoms with E-state index in [1.165, 1.54) is 0 Å². The Balaban J connectivity index is 1.60. The number of fused-ring (bicyclic) bond motifs is 1. The summed E-state index contributed by atoms with van der Waals surface area (Å²) in [5.41, 5.74) is 3.32. The average Bonchev–Trinajstić information content (AvgIpc) is 2.60. The fraction of sp³-hybridized carbons (Fsp3) is 0.200. The zero-order valence-corrected chi connectivity index (χ0v) is 14.7. The van der Waals surface area contributed by atoms with Gasteiger partial charge in [0.15, 0.2) is 0 Å². The second-order valence-corrected chi connectivity index (χ2v) is 6.48. The third kappa shape index (κ3) is 4.28. The molecule has 128 valence electrons. The molecule has 1 aromatic heterocycles. The summed E-state index contributed by atoms with van der Waals surface area (Å²) in [6.07, 6.45) is 0.992. The van der Waals surface area contributed by atoms with Gasteiger partial charge in [0.05, 0.1) is 0 Å². The van der Waals surface area contributed by atoms with E-state index in [2.05, 4.69) is 10.3 Å². The molecule has 0 saturated carbocycles. The normalized spacial score (nSPS) is 10.8. The number of H-pyrrole nitrogens is 1. The van der Waals surface area contributed by atoms with Crippen LogP contribution >= 0.6 is 11.6 Å². The van der Waals surface area contributed by atoms with E-state index in [1.807, 2.05) is 42.5 Å². The third-order valence-electron chi connectivity index (χ3n) is 4.17. The number of rotatable bonds is 5. The van der Waals surface area contributed by atoms with Gasteiger partial charge in [-0.3, -0.25) is 9.59 Å². The Bertz CT molecular complexity index is 979. The Hall–Kier alpha value is -2.59. The zero-order valence-electron chi connectivity index (χ0n) is 13.9. The Morgan fingerprint density at radius 3 is 2.76 bits per heavy atom. The first-order valence-corrected chi connectivity index (χ1v) is 8.53. The topological polar surface area (TPSA) is 62.0 Å². The van der Waals surface area contributed by atoms with Crippen molar-refractivity contribution >= 4 is 28.4 Å². The number of pyridine rings is 1. The number of hydrogen-bond donors (Lipinski definition) is 2. The van der Waals surface area contributed by atoms with E-state index in [4.69, 9.17) is 11.6 Å². The van der Waals surface area contributed by atoms with Crippen LogP contribution in [0.3, 0.4) is 0 Å². The molecule has 0 radical (unpaired) electrons.